The molecule has 1 aromatic heterocycles. The third kappa shape index (κ3) is 3.62. The number of carbonyl (C=O) groups is 1. The minimum absolute atomic E-state index is 0.00404. The summed E-state index contributed by atoms with van der Waals surface area (Å²) in [4.78, 5) is 12.0. The van der Waals surface area contributed by atoms with Gasteiger partial charge in [-0.3, -0.25) is 0 Å². The van der Waals surface area contributed by atoms with Crippen molar-refractivity contribution in [3.8, 4) is 17.4 Å². The highest BCUT2D eigenvalue weighted by molar-refractivity contribution is 6.30. The lowest BCUT2D eigenvalue weighted by Gasteiger charge is -2.02. The molecule has 1 heterocycles. The van der Waals surface area contributed by atoms with Crippen LogP contribution in [0.15, 0.2) is 59.1 Å². The van der Waals surface area contributed by atoms with E-state index in [9.17, 15) is 4.79 Å². The van der Waals surface area contributed by atoms with Gasteiger partial charge in [0.05, 0.1) is 17.2 Å². The molecule has 0 fully saturated rings. The Bertz CT molecular complexity index is 893. The van der Waals surface area contributed by atoms with Gasteiger partial charge in [0, 0.05) is 16.7 Å². The molecule has 0 radical (unpaired) electrons. The summed E-state index contributed by atoms with van der Waals surface area (Å²) in [5.41, 5.74) is 2.18. The Morgan fingerprint density at radius 2 is 1.88 bits per heavy atom. The second-order valence-electron chi connectivity index (χ2n) is 4.95. The first kappa shape index (κ1) is 15.8. The van der Waals surface area contributed by atoms with Crippen LogP contribution in [0.25, 0.3) is 11.3 Å². The van der Waals surface area contributed by atoms with Gasteiger partial charge in [0.25, 0.3) is 0 Å². The van der Waals surface area contributed by atoms with E-state index in [4.69, 9.17) is 26.1 Å². The normalized spacial score (nSPS) is 10.2. The van der Waals surface area contributed by atoms with Crippen molar-refractivity contribution in [1.82, 2.24) is 5.16 Å². The first-order valence-electron chi connectivity index (χ1n) is 7.04. The maximum absolute atomic E-state index is 12.0. The largest absolute Gasteiger partial charge is 0.455 e. The van der Waals surface area contributed by atoms with Crippen LogP contribution in [0, 0.1) is 11.3 Å². The molecule has 0 aliphatic heterocycles. The third-order valence-electron chi connectivity index (χ3n) is 3.29. The standard InChI is InChI=1S/C18H11ClN2O3/c19-15-7-5-13(6-8-15)17-9-16(21-24-17)11-23-18(22)14-3-1-12(10-20)2-4-14/h1-9H,11H2. The highest BCUT2D eigenvalue weighted by atomic mass is 35.5. The van der Waals surface area contributed by atoms with Crippen LogP contribution in [-0.4, -0.2) is 11.1 Å². The molecular formula is C18H11ClN2O3. The number of nitriles is 1. The summed E-state index contributed by atoms with van der Waals surface area (Å²) in [5.74, 6) is 0.0756. The lowest BCUT2D eigenvalue weighted by Crippen LogP contribution is -2.05. The maximum Gasteiger partial charge on any atom is 0.338 e. The molecule has 0 spiro atoms. The molecule has 0 atom stereocenters. The van der Waals surface area contributed by atoms with Crippen LogP contribution in [-0.2, 0) is 11.3 Å². The number of rotatable bonds is 4. The van der Waals surface area contributed by atoms with E-state index in [0.29, 0.717) is 27.6 Å². The van der Waals surface area contributed by atoms with Crippen LogP contribution < -0.4 is 0 Å². The van der Waals surface area contributed by atoms with Gasteiger partial charge >= 0.3 is 5.97 Å². The number of esters is 1. The highest BCUT2D eigenvalue weighted by Gasteiger charge is 2.11. The molecule has 118 valence electrons. The van der Waals surface area contributed by atoms with Crippen molar-refractivity contribution in [2.24, 2.45) is 0 Å². The highest BCUT2D eigenvalue weighted by Crippen LogP contribution is 2.22. The fraction of sp³-hybridized carbons (Fsp3) is 0.0556. The van der Waals surface area contributed by atoms with Crippen molar-refractivity contribution in [2.75, 3.05) is 0 Å². The van der Waals surface area contributed by atoms with E-state index in [-0.39, 0.29) is 6.61 Å². The number of ether oxygens (including phenoxy) is 1. The summed E-state index contributed by atoms with van der Waals surface area (Å²) in [6.45, 7) is -0.00404. The number of hydrogen-bond donors (Lipinski definition) is 0. The van der Waals surface area contributed by atoms with Crippen LogP contribution in [0.2, 0.25) is 5.02 Å². The zero-order valence-corrected chi connectivity index (χ0v) is 13.2. The van der Waals surface area contributed by atoms with E-state index < -0.39 is 5.97 Å². The molecule has 3 aromatic rings. The lowest BCUT2D eigenvalue weighted by atomic mass is 10.1. The quantitative estimate of drug-likeness (QED) is 0.665. The maximum atomic E-state index is 12.0. The molecule has 0 saturated heterocycles. The van der Waals surface area contributed by atoms with Gasteiger partial charge in [0.2, 0.25) is 0 Å². The lowest BCUT2D eigenvalue weighted by molar-refractivity contribution is 0.0464. The van der Waals surface area contributed by atoms with Crippen molar-refractivity contribution in [3.05, 3.63) is 76.4 Å². The Hall–Kier alpha value is -3.10. The van der Waals surface area contributed by atoms with Crippen molar-refractivity contribution in [3.63, 3.8) is 0 Å². The molecule has 2 aromatic carbocycles. The number of carbonyl (C=O) groups excluding carboxylic acids is 1. The van der Waals surface area contributed by atoms with E-state index in [1.165, 1.54) is 0 Å². The fourth-order valence-electron chi connectivity index (χ4n) is 2.03. The molecule has 0 bridgehead atoms. The molecule has 0 saturated carbocycles. The predicted octanol–water partition coefficient (Wildman–Crippen LogP) is 4.22. The van der Waals surface area contributed by atoms with Gasteiger partial charge in [0.15, 0.2) is 5.76 Å². The molecule has 0 aliphatic carbocycles. The molecule has 6 heteroatoms. The van der Waals surface area contributed by atoms with Crippen LogP contribution in [0.4, 0.5) is 0 Å². The minimum atomic E-state index is -0.490. The van der Waals surface area contributed by atoms with Crippen LogP contribution in [0.5, 0.6) is 0 Å². The van der Waals surface area contributed by atoms with Crippen molar-refractivity contribution in [1.29, 1.82) is 5.26 Å². The number of hydrogen-bond acceptors (Lipinski definition) is 5. The predicted molar refractivity (Wildman–Crippen MR) is 87.2 cm³/mol. The molecule has 0 aliphatic rings. The van der Waals surface area contributed by atoms with E-state index in [1.54, 1.807) is 42.5 Å². The SMILES string of the molecule is N#Cc1ccc(C(=O)OCc2cc(-c3ccc(Cl)cc3)on2)cc1. The van der Waals surface area contributed by atoms with E-state index in [2.05, 4.69) is 5.16 Å². The van der Waals surface area contributed by atoms with Crippen molar-refractivity contribution >= 4 is 17.6 Å². The molecule has 0 N–H and O–H groups in total. The second-order valence-corrected chi connectivity index (χ2v) is 5.39. The van der Waals surface area contributed by atoms with Gasteiger partial charge < -0.3 is 9.26 Å². The first-order valence-corrected chi connectivity index (χ1v) is 7.42. The minimum Gasteiger partial charge on any atom is -0.455 e. The van der Waals surface area contributed by atoms with Crippen LogP contribution in [0.3, 0.4) is 0 Å². The Morgan fingerprint density at radius 3 is 2.54 bits per heavy atom. The van der Waals surface area contributed by atoms with Crippen molar-refractivity contribution in [2.45, 2.75) is 6.61 Å². The van der Waals surface area contributed by atoms with E-state index in [0.717, 1.165) is 5.56 Å². The molecule has 0 unspecified atom stereocenters. The van der Waals surface area contributed by atoms with Gasteiger partial charge in [-0.05, 0) is 48.5 Å². The number of nitrogens with zero attached hydrogens (tertiary/aromatic N) is 2. The molecule has 24 heavy (non-hydrogen) atoms. The smallest absolute Gasteiger partial charge is 0.338 e. The van der Waals surface area contributed by atoms with Crippen molar-refractivity contribution < 1.29 is 14.1 Å². The average Bonchev–Trinajstić information content (AvgIpc) is 3.09. The van der Waals surface area contributed by atoms with Gasteiger partial charge in [0.1, 0.15) is 12.3 Å². The monoisotopic (exact) mass is 338 g/mol. The summed E-state index contributed by atoms with van der Waals surface area (Å²) in [7, 11) is 0. The van der Waals surface area contributed by atoms with Gasteiger partial charge in [-0.1, -0.05) is 16.8 Å². The zero-order valence-electron chi connectivity index (χ0n) is 12.4. The molecule has 3 rings (SSSR count). The number of aromatic nitrogens is 1. The molecular weight excluding hydrogens is 328 g/mol. The topological polar surface area (TPSA) is 76.1 Å². The summed E-state index contributed by atoms with van der Waals surface area (Å²) in [6, 6.07) is 17.0. The average molecular weight is 339 g/mol. The van der Waals surface area contributed by atoms with Gasteiger partial charge in [-0.2, -0.15) is 5.26 Å². The third-order valence-corrected chi connectivity index (χ3v) is 3.54. The Kier molecular flexibility index (Phi) is 4.59. The van der Waals surface area contributed by atoms with E-state index >= 15 is 0 Å². The Morgan fingerprint density at radius 1 is 1.17 bits per heavy atom. The van der Waals surface area contributed by atoms with Crippen LogP contribution in [0.1, 0.15) is 21.6 Å². The van der Waals surface area contributed by atoms with Gasteiger partial charge in [-0.25, -0.2) is 4.79 Å². The summed E-state index contributed by atoms with van der Waals surface area (Å²) in [5, 5.41) is 13.3. The van der Waals surface area contributed by atoms with Gasteiger partial charge in [-0.15, -0.1) is 0 Å². The second kappa shape index (κ2) is 6.99. The summed E-state index contributed by atoms with van der Waals surface area (Å²) < 4.78 is 10.4. The molecule has 5 nitrogen and oxygen atoms in total. The number of benzene rings is 2. The fourth-order valence-corrected chi connectivity index (χ4v) is 2.16. The Balaban J connectivity index is 1.63. The van der Waals surface area contributed by atoms with Crippen LogP contribution >= 0.6 is 11.6 Å². The Labute approximate surface area is 143 Å². The summed E-state index contributed by atoms with van der Waals surface area (Å²) in [6.07, 6.45) is 0. The zero-order chi connectivity index (χ0) is 16.9. The summed E-state index contributed by atoms with van der Waals surface area (Å²) >= 11 is 5.84. The first-order chi connectivity index (χ1) is 11.7. The number of halogens is 1. The molecule has 0 amide bonds. The van der Waals surface area contributed by atoms with E-state index in [1.807, 2.05) is 18.2 Å².